The summed E-state index contributed by atoms with van der Waals surface area (Å²) in [7, 11) is 0. The highest BCUT2D eigenvalue weighted by Gasteiger charge is 1.99. The molecule has 90 valence electrons. The Morgan fingerprint density at radius 2 is 2.00 bits per heavy atom. The molecule has 1 rings (SSSR count). The molecule has 0 amide bonds. The fourth-order valence-corrected chi connectivity index (χ4v) is 2.58. The summed E-state index contributed by atoms with van der Waals surface area (Å²) in [5, 5.41) is 3.44. The van der Waals surface area contributed by atoms with Crippen LogP contribution in [0.4, 0.5) is 0 Å². The molecule has 0 unspecified atom stereocenters. The first-order chi connectivity index (χ1) is 7.59. The molecule has 0 bridgehead atoms. The van der Waals surface area contributed by atoms with Gasteiger partial charge in [-0.25, -0.2) is 0 Å². The van der Waals surface area contributed by atoms with Gasteiger partial charge in [0.15, 0.2) is 0 Å². The molecule has 0 heterocycles. The summed E-state index contributed by atoms with van der Waals surface area (Å²) in [4.78, 5) is 1.43. The summed E-state index contributed by atoms with van der Waals surface area (Å²) in [6.45, 7) is 9.85. The maximum atomic E-state index is 3.44. The molecule has 0 atom stereocenters. The van der Waals surface area contributed by atoms with Crippen LogP contribution in [0.2, 0.25) is 0 Å². The molecule has 0 aromatic heterocycles. The van der Waals surface area contributed by atoms with E-state index >= 15 is 0 Å². The average molecular weight is 237 g/mol. The van der Waals surface area contributed by atoms with Crippen molar-refractivity contribution in [1.29, 1.82) is 0 Å². The summed E-state index contributed by atoms with van der Waals surface area (Å²) < 4.78 is 0. The molecule has 0 aliphatic rings. The van der Waals surface area contributed by atoms with Gasteiger partial charge in [0.25, 0.3) is 0 Å². The number of thioether (sulfide) groups is 1. The SMILES string of the molecule is Cc1ccc(C)c(SCCCNC(C)C)c1. The van der Waals surface area contributed by atoms with E-state index in [0.717, 1.165) is 6.54 Å². The van der Waals surface area contributed by atoms with Gasteiger partial charge in [-0.2, -0.15) is 0 Å². The molecular weight excluding hydrogens is 214 g/mol. The van der Waals surface area contributed by atoms with Gasteiger partial charge < -0.3 is 5.32 Å². The number of hydrogen-bond donors (Lipinski definition) is 1. The van der Waals surface area contributed by atoms with E-state index in [1.165, 1.54) is 28.2 Å². The zero-order valence-electron chi connectivity index (χ0n) is 10.8. The Hall–Kier alpha value is -0.470. The second-order valence-electron chi connectivity index (χ2n) is 4.58. The monoisotopic (exact) mass is 237 g/mol. The van der Waals surface area contributed by atoms with Crippen LogP contribution in [0.25, 0.3) is 0 Å². The van der Waals surface area contributed by atoms with Crippen molar-refractivity contribution in [3.8, 4) is 0 Å². The summed E-state index contributed by atoms with van der Waals surface area (Å²) in [5.74, 6) is 1.20. The molecule has 0 saturated heterocycles. The summed E-state index contributed by atoms with van der Waals surface area (Å²) in [5.41, 5.74) is 2.75. The highest BCUT2D eigenvalue weighted by molar-refractivity contribution is 7.99. The minimum absolute atomic E-state index is 0.603. The number of benzene rings is 1. The first-order valence-electron chi connectivity index (χ1n) is 6.03. The van der Waals surface area contributed by atoms with E-state index in [1.807, 2.05) is 11.8 Å². The van der Waals surface area contributed by atoms with Gasteiger partial charge in [-0.3, -0.25) is 0 Å². The van der Waals surface area contributed by atoms with Crippen molar-refractivity contribution in [1.82, 2.24) is 5.32 Å². The van der Waals surface area contributed by atoms with Crippen LogP contribution in [0.5, 0.6) is 0 Å². The number of aryl methyl sites for hydroxylation is 2. The lowest BCUT2D eigenvalue weighted by Gasteiger charge is -2.09. The number of nitrogens with one attached hydrogen (secondary N) is 1. The molecule has 1 N–H and O–H groups in total. The Bertz CT molecular complexity index is 321. The average Bonchev–Trinajstić information content (AvgIpc) is 2.22. The van der Waals surface area contributed by atoms with Crippen LogP contribution in [0.3, 0.4) is 0 Å². The van der Waals surface area contributed by atoms with E-state index in [9.17, 15) is 0 Å². The summed E-state index contributed by atoms with van der Waals surface area (Å²) in [6.07, 6.45) is 1.23. The Balaban J connectivity index is 2.29. The quantitative estimate of drug-likeness (QED) is 0.597. The highest BCUT2D eigenvalue weighted by atomic mass is 32.2. The zero-order valence-corrected chi connectivity index (χ0v) is 11.7. The third-order valence-electron chi connectivity index (χ3n) is 2.47. The Kier molecular flexibility index (Phi) is 5.93. The van der Waals surface area contributed by atoms with E-state index in [2.05, 4.69) is 51.2 Å². The molecule has 2 heteroatoms. The van der Waals surface area contributed by atoms with Crippen LogP contribution in [-0.2, 0) is 0 Å². The zero-order chi connectivity index (χ0) is 12.0. The summed E-state index contributed by atoms with van der Waals surface area (Å²) in [6, 6.07) is 7.28. The Morgan fingerprint density at radius 1 is 1.25 bits per heavy atom. The van der Waals surface area contributed by atoms with Gasteiger partial charge in [-0.1, -0.05) is 31.5 Å². The van der Waals surface area contributed by atoms with Crippen molar-refractivity contribution in [2.24, 2.45) is 0 Å². The van der Waals surface area contributed by atoms with E-state index < -0.39 is 0 Å². The highest BCUT2D eigenvalue weighted by Crippen LogP contribution is 2.23. The van der Waals surface area contributed by atoms with Gasteiger partial charge in [-0.15, -0.1) is 11.8 Å². The molecular formula is C14H23NS. The maximum absolute atomic E-state index is 3.44. The van der Waals surface area contributed by atoms with Crippen molar-refractivity contribution in [2.75, 3.05) is 12.3 Å². The summed E-state index contributed by atoms with van der Waals surface area (Å²) >= 11 is 1.97. The normalized spacial score (nSPS) is 11.1. The van der Waals surface area contributed by atoms with Gasteiger partial charge in [0, 0.05) is 10.9 Å². The van der Waals surface area contributed by atoms with Crippen LogP contribution in [-0.4, -0.2) is 18.3 Å². The third kappa shape index (κ3) is 5.04. The lowest BCUT2D eigenvalue weighted by molar-refractivity contribution is 0.586. The molecule has 0 saturated carbocycles. The van der Waals surface area contributed by atoms with Crippen molar-refractivity contribution < 1.29 is 0 Å². The number of rotatable bonds is 6. The van der Waals surface area contributed by atoms with Crippen molar-refractivity contribution in [3.05, 3.63) is 29.3 Å². The molecule has 0 radical (unpaired) electrons. The smallest absolute Gasteiger partial charge is 0.0104 e. The molecule has 1 aromatic carbocycles. The molecule has 16 heavy (non-hydrogen) atoms. The van der Waals surface area contributed by atoms with Gasteiger partial charge in [-0.05, 0) is 44.2 Å². The molecule has 0 aliphatic heterocycles. The van der Waals surface area contributed by atoms with Gasteiger partial charge in [0.05, 0.1) is 0 Å². The van der Waals surface area contributed by atoms with Crippen molar-refractivity contribution in [3.63, 3.8) is 0 Å². The minimum atomic E-state index is 0.603. The van der Waals surface area contributed by atoms with Crippen molar-refractivity contribution >= 4 is 11.8 Å². The van der Waals surface area contributed by atoms with E-state index in [0.29, 0.717) is 6.04 Å². The van der Waals surface area contributed by atoms with Crippen LogP contribution in [0.15, 0.2) is 23.1 Å². The van der Waals surface area contributed by atoms with Crippen LogP contribution in [0, 0.1) is 13.8 Å². The topological polar surface area (TPSA) is 12.0 Å². The Morgan fingerprint density at radius 3 is 2.69 bits per heavy atom. The third-order valence-corrected chi connectivity index (χ3v) is 3.72. The predicted octanol–water partition coefficient (Wildman–Crippen LogP) is 3.78. The fraction of sp³-hybridized carbons (Fsp3) is 0.571. The van der Waals surface area contributed by atoms with Gasteiger partial charge >= 0.3 is 0 Å². The lowest BCUT2D eigenvalue weighted by Crippen LogP contribution is -2.23. The van der Waals surface area contributed by atoms with Crippen LogP contribution >= 0.6 is 11.8 Å². The fourth-order valence-electron chi connectivity index (χ4n) is 1.51. The van der Waals surface area contributed by atoms with Crippen molar-refractivity contribution in [2.45, 2.75) is 45.1 Å². The van der Waals surface area contributed by atoms with Gasteiger partial charge in [0.1, 0.15) is 0 Å². The standard InChI is InChI=1S/C14H23NS/c1-11(2)15-8-5-9-16-14-10-12(3)6-7-13(14)4/h6-7,10-11,15H,5,8-9H2,1-4H3. The largest absolute Gasteiger partial charge is 0.315 e. The number of hydrogen-bond acceptors (Lipinski definition) is 2. The lowest BCUT2D eigenvalue weighted by atomic mass is 10.2. The maximum Gasteiger partial charge on any atom is 0.0104 e. The van der Waals surface area contributed by atoms with Gasteiger partial charge in [0.2, 0.25) is 0 Å². The predicted molar refractivity (Wildman–Crippen MR) is 74.4 cm³/mol. The first-order valence-corrected chi connectivity index (χ1v) is 7.01. The Labute approximate surface area is 104 Å². The molecule has 0 aliphatic carbocycles. The second kappa shape index (κ2) is 6.97. The molecule has 1 nitrogen and oxygen atoms in total. The second-order valence-corrected chi connectivity index (χ2v) is 5.72. The first kappa shape index (κ1) is 13.6. The van der Waals surface area contributed by atoms with E-state index in [4.69, 9.17) is 0 Å². The van der Waals surface area contributed by atoms with E-state index in [1.54, 1.807) is 0 Å². The van der Waals surface area contributed by atoms with Crippen LogP contribution in [0.1, 0.15) is 31.4 Å². The molecule has 1 aromatic rings. The molecule has 0 spiro atoms. The molecule has 0 fully saturated rings. The minimum Gasteiger partial charge on any atom is -0.315 e. The van der Waals surface area contributed by atoms with Crippen LogP contribution < -0.4 is 5.32 Å². The van der Waals surface area contributed by atoms with E-state index in [-0.39, 0.29) is 0 Å².